The largest absolute Gasteiger partial charge is 0.454 e. The highest BCUT2D eigenvalue weighted by molar-refractivity contribution is 5.84. The number of likely N-dealkylation sites (N-methyl/N-ethyl adjacent to an activating group) is 1. The summed E-state index contributed by atoms with van der Waals surface area (Å²) < 4.78 is 10.2. The lowest BCUT2D eigenvalue weighted by atomic mass is 10.00. The van der Waals surface area contributed by atoms with E-state index >= 15 is 0 Å². The first-order chi connectivity index (χ1) is 14.6. The number of carbonyl (C=O) groups excluding carboxylic acids is 2. The Morgan fingerprint density at radius 3 is 2.27 bits per heavy atom. The predicted octanol–water partition coefficient (Wildman–Crippen LogP) is 3.31. The highest BCUT2D eigenvalue weighted by Gasteiger charge is 2.09. The van der Waals surface area contributed by atoms with Crippen LogP contribution in [0, 0.1) is 6.92 Å². The molecule has 0 atom stereocenters. The molecular formula is C24H26N2O4. The maximum Gasteiger partial charge on any atom is 0.239 e. The zero-order chi connectivity index (χ0) is 21.3. The molecule has 0 aliphatic carbocycles. The number of nitrogens with one attached hydrogen (secondary N) is 1. The highest BCUT2D eigenvalue weighted by atomic mass is 16.7. The van der Waals surface area contributed by atoms with Gasteiger partial charge in [0.25, 0.3) is 0 Å². The van der Waals surface area contributed by atoms with Crippen molar-refractivity contribution in [2.75, 3.05) is 26.9 Å². The van der Waals surface area contributed by atoms with Crippen LogP contribution in [0.25, 0.3) is 10.8 Å². The van der Waals surface area contributed by atoms with Crippen molar-refractivity contribution >= 4 is 23.1 Å². The van der Waals surface area contributed by atoms with Crippen LogP contribution in [0.2, 0.25) is 0 Å². The van der Waals surface area contributed by atoms with E-state index in [1.165, 1.54) is 26.8 Å². The molecule has 0 saturated carbocycles. The second kappa shape index (κ2) is 10.3. The van der Waals surface area contributed by atoms with Crippen molar-refractivity contribution in [3.8, 4) is 11.5 Å². The quantitative estimate of drug-likeness (QED) is 0.638. The molecule has 30 heavy (non-hydrogen) atoms. The molecule has 6 nitrogen and oxygen atoms in total. The van der Waals surface area contributed by atoms with E-state index in [0.717, 1.165) is 17.9 Å². The van der Waals surface area contributed by atoms with Gasteiger partial charge < -0.3 is 19.7 Å². The van der Waals surface area contributed by atoms with Crippen molar-refractivity contribution in [1.82, 2.24) is 10.2 Å². The van der Waals surface area contributed by atoms with Crippen LogP contribution in [0.1, 0.15) is 11.1 Å². The Balaban J connectivity index is 0.000000234. The zero-order valence-electron chi connectivity index (χ0n) is 17.3. The second-order valence-corrected chi connectivity index (χ2v) is 7.10. The maximum atomic E-state index is 11.6. The summed E-state index contributed by atoms with van der Waals surface area (Å²) in [5, 5.41) is 5.28. The molecule has 0 unspecified atom stereocenters. The highest BCUT2D eigenvalue weighted by Crippen LogP contribution is 2.30. The molecule has 0 fully saturated rings. The average Bonchev–Trinajstić information content (AvgIpc) is 3.23. The molecule has 1 aliphatic heterocycles. The Labute approximate surface area is 176 Å². The third kappa shape index (κ3) is 5.73. The summed E-state index contributed by atoms with van der Waals surface area (Å²) in [5.41, 5.74) is 2.46. The molecule has 1 heterocycles. The normalized spacial score (nSPS) is 11.4. The fourth-order valence-corrected chi connectivity index (χ4v) is 3.17. The number of benzene rings is 3. The maximum absolute atomic E-state index is 11.6. The van der Waals surface area contributed by atoms with Crippen LogP contribution in [0.15, 0.2) is 60.7 Å². The van der Waals surface area contributed by atoms with Gasteiger partial charge in [0.1, 0.15) is 0 Å². The minimum atomic E-state index is -0.136. The van der Waals surface area contributed by atoms with Gasteiger partial charge >= 0.3 is 0 Å². The molecule has 4 rings (SSSR count). The summed E-state index contributed by atoms with van der Waals surface area (Å²) >= 11 is 0. The van der Waals surface area contributed by atoms with Gasteiger partial charge in [-0.15, -0.1) is 0 Å². The molecule has 0 radical (unpaired) electrons. The van der Waals surface area contributed by atoms with Crippen molar-refractivity contribution in [3.63, 3.8) is 0 Å². The summed E-state index contributed by atoms with van der Waals surface area (Å²) in [5.74, 6) is 1.55. The number of amides is 2. The molecular weight excluding hydrogens is 380 g/mol. The topological polar surface area (TPSA) is 67.9 Å². The van der Waals surface area contributed by atoms with Crippen LogP contribution in [0.4, 0.5) is 0 Å². The van der Waals surface area contributed by atoms with Crippen LogP contribution in [-0.2, 0) is 16.0 Å². The van der Waals surface area contributed by atoms with E-state index in [1.807, 2.05) is 36.4 Å². The standard InChI is InChI=1S/C17H20N2O2.C7H6O2/c1-13-9-15-5-3-4-6-16(15)10-14(13)7-8-18-17(21)11-19(2)12-20;1-2-4-7-6(3-1)8-5-9-7/h3-6,9-10,12H,7-8,11H2,1-2H3,(H,18,21);1-4H,5H2. The van der Waals surface area contributed by atoms with Crippen molar-refractivity contribution in [1.29, 1.82) is 0 Å². The van der Waals surface area contributed by atoms with Crippen LogP contribution < -0.4 is 14.8 Å². The average molecular weight is 406 g/mol. The molecule has 1 N–H and O–H groups in total. The second-order valence-electron chi connectivity index (χ2n) is 7.10. The lowest BCUT2D eigenvalue weighted by Gasteiger charge is -2.12. The lowest BCUT2D eigenvalue weighted by molar-refractivity contribution is -0.127. The Kier molecular flexibility index (Phi) is 7.27. The van der Waals surface area contributed by atoms with Gasteiger partial charge in [-0.3, -0.25) is 9.59 Å². The smallest absolute Gasteiger partial charge is 0.239 e. The number of fused-ring (bicyclic) bond motifs is 2. The first-order valence-corrected chi connectivity index (χ1v) is 9.82. The number of nitrogens with zero attached hydrogens (tertiary/aromatic N) is 1. The van der Waals surface area contributed by atoms with Gasteiger partial charge in [0, 0.05) is 13.6 Å². The fraction of sp³-hybridized carbons (Fsp3) is 0.250. The molecule has 0 bridgehead atoms. The van der Waals surface area contributed by atoms with Crippen LogP contribution >= 0.6 is 0 Å². The molecule has 0 aromatic heterocycles. The third-order valence-corrected chi connectivity index (χ3v) is 4.77. The lowest BCUT2D eigenvalue weighted by Crippen LogP contribution is -2.35. The summed E-state index contributed by atoms with van der Waals surface area (Å²) in [7, 11) is 1.58. The van der Waals surface area contributed by atoms with Gasteiger partial charge in [-0.25, -0.2) is 0 Å². The zero-order valence-corrected chi connectivity index (χ0v) is 17.3. The summed E-state index contributed by atoms with van der Waals surface area (Å²) in [6, 6.07) is 20.2. The Morgan fingerprint density at radius 1 is 1.03 bits per heavy atom. The van der Waals surface area contributed by atoms with Gasteiger partial charge in [0.05, 0.1) is 6.54 Å². The predicted molar refractivity (Wildman–Crippen MR) is 117 cm³/mol. The summed E-state index contributed by atoms with van der Waals surface area (Å²) in [6.07, 6.45) is 1.43. The van der Waals surface area contributed by atoms with Gasteiger partial charge in [-0.05, 0) is 47.4 Å². The van der Waals surface area contributed by atoms with E-state index in [1.54, 1.807) is 7.05 Å². The number of hydrogen-bond acceptors (Lipinski definition) is 4. The van der Waals surface area contributed by atoms with Gasteiger partial charge in [-0.1, -0.05) is 48.5 Å². The molecule has 0 saturated heterocycles. The van der Waals surface area contributed by atoms with E-state index in [2.05, 4.69) is 36.5 Å². The summed E-state index contributed by atoms with van der Waals surface area (Å²) in [6.45, 7) is 3.12. The van der Waals surface area contributed by atoms with Gasteiger partial charge in [-0.2, -0.15) is 0 Å². The Bertz CT molecular complexity index is 996. The number of hydrogen-bond donors (Lipinski definition) is 1. The molecule has 0 spiro atoms. The van der Waals surface area contributed by atoms with Gasteiger partial charge in [0.2, 0.25) is 19.1 Å². The van der Waals surface area contributed by atoms with Crippen molar-refractivity contribution < 1.29 is 19.1 Å². The minimum Gasteiger partial charge on any atom is -0.454 e. The molecule has 156 valence electrons. The number of aryl methyl sites for hydroxylation is 1. The van der Waals surface area contributed by atoms with Crippen molar-refractivity contribution in [2.24, 2.45) is 0 Å². The van der Waals surface area contributed by atoms with E-state index in [-0.39, 0.29) is 12.5 Å². The Morgan fingerprint density at radius 2 is 1.63 bits per heavy atom. The first-order valence-electron chi connectivity index (χ1n) is 9.82. The number of carbonyl (C=O) groups is 2. The van der Waals surface area contributed by atoms with Crippen LogP contribution in [-0.4, -0.2) is 44.1 Å². The third-order valence-electron chi connectivity index (χ3n) is 4.77. The first kappa shape index (κ1) is 21.2. The summed E-state index contributed by atoms with van der Waals surface area (Å²) in [4.78, 5) is 23.4. The number of ether oxygens (including phenoxy) is 2. The van der Waals surface area contributed by atoms with Gasteiger partial charge in [0.15, 0.2) is 11.5 Å². The van der Waals surface area contributed by atoms with Crippen molar-refractivity contribution in [2.45, 2.75) is 13.3 Å². The molecule has 3 aromatic rings. The van der Waals surface area contributed by atoms with Crippen LogP contribution in [0.5, 0.6) is 11.5 Å². The van der Waals surface area contributed by atoms with E-state index < -0.39 is 0 Å². The fourth-order valence-electron chi connectivity index (χ4n) is 3.17. The van der Waals surface area contributed by atoms with E-state index in [9.17, 15) is 9.59 Å². The van der Waals surface area contributed by atoms with E-state index in [4.69, 9.17) is 9.47 Å². The van der Waals surface area contributed by atoms with Crippen LogP contribution in [0.3, 0.4) is 0 Å². The minimum absolute atomic E-state index is 0.0974. The molecule has 3 aromatic carbocycles. The SMILES string of the molecule is Cc1cc2ccccc2cc1CCNC(=O)CN(C)C=O.c1ccc2c(c1)OCO2. The molecule has 2 amide bonds. The monoisotopic (exact) mass is 406 g/mol. The number of rotatable bonds is 6. The molecule has 1 aliphatic rings. The van der Waals surface area contributed by atoms with E-state index in [0.29, 0.717) is 19.7 Å². The Hall–Kier alpha value is -3.54. The van der Waals surface area contributed by atoms with Crippen molar-refractivity contribution in [3.05, 3.63) is 71.8 Å². The number of para-hydroxylation sites is 2. The molecule has 6 heteroatoms.